The number of aromatic nitrogens is 2. The van der Waals surface area contributed by atoms with E-state index in [1.165, 1.54) is 5.56 Å². The third-order valence-corrected chi connectivity index (χ3v) is 5.61. The van der Waals surface area contributed by atoms with Gasteiger partial charge in [0, 0.05) is 45.5 Å². The lowest BCUT2D eigenvalue weighted by molar-refractivity contribution is 0.0513. The highest BCUT2D eigenvalue weighted by Gasteiger charge is 2.35. The number of benzene rings is 1. The van der Waals surface area contributed by atoms with E-state index >= 15 is 0 Å². The van der Waals surface area contributed by atoms with Crippen LogP contribution in [0.5, 0.6) is 11.5 Å². The number of aliphatic imine (C=N–C) groups is 1. The van der Waals surface area contributed by atoms with Crippen molar-refractivity contribution in [1.29, 1.82) is 0 Å². The van der Waals surface area contributed by atoms with E-state index in [1.54, 1.807) is 13.2 Å². The van der Waals surface area contributed by atoms with Gasteiger partial charge in [-0.05, 0) is 36.6 Å². The Morgan fingerprint density at radius 1 is 1.18 bits per heavy atom. The SMILES string of the molecule is CN=C(NCc1ccnn1C)NCC1(c2ccc3c(c2)OCO3)CCOCC1. The van der Waals surface area contributed by atoms with Gasteiger partial charge in [-0.25, -0.2) is 0 Å². The Labute approximate surface area is 164 Å². The normalized spacial score (nSPS) is 18.1. The number of hydrogen-bond donors (Lipinski definition) is 2. The summed E-state index contributed by atoms with van der Waals surface area (Å²) in [5, 5.41) is 11.1. The molecule has 28 heavy (non-hydrogen) atoms. The minimum atomic E-state index is -0.0383. The van der Waals surface area contributed by atoms with Crippen LogP contribution in [-0.4, -0.2) is 49.3 Å². The molecule has 2 aromatic rings. The van der Waals surface area contributed by atoms with Crippen molar-refractivity contribution >= 4 is 5.96 Å². The molecule has 0 radical (unpaired) electrons. The summed E-state index contributed by atoms with van der Waals surface area (Å²) in [6.07, 6.45) is 3.68. The first-order chi connectivity index (χ1) is 13.7. The molecule has 3 heterocycles. The van der Waals surface area contributed by atoms with E-state index in [1.807, 2.05) is 23.9 Å². The molecular formula is C20H27N5O3. The summed E-state index contributed by atoms with van der Waals surface area (Å²) in [6.45, 7) is 3.21. The van der Waals surface area contributed by atoms with Crippen LogP contribution < -0.4 is 20.1 Å². The lowest BCUT2D eigenvalue weighted by Crippen LogP contribution is -2.48. The Bertz CT molecular complexity index is 842. The molecular weight excluding hydrogens is 358 g/mol. The molecule has 0 spiro atoms. The molecule has 2 aliphatic heterocycles. The van der Waals surface area contributed by atoms with E-state index in [0.717, 1.165) is 55.8 Å². The molecule has 2 aliphatic rings. The Kier molecular flexibility index (Phi) is 5.38. The fourth-order valence-corrected chi connectivity index (χ4v) is 3.78. The van der Waals surface area contributed by atoms with Crippen LogP contribution in [0.1, 0.15) is 24.1 Å². The van der Waals surface area contributed by atoms with Gasteiger partial charge in [0.1, 0.15) is 0 Å². The largest absolute Gasteiger partial charge is 0.454 e. The molecule has 0 aliphatic carbocycles. The number of hydrogen-bond acceptors (Lipinski definition) is 5. The Morgan fingerprint density at radius 3 is 2.75 bits per heavy atom. The lowest BCUT2D eigenvalue weighted by Gasteiger charge is -2.38. The third-order valence-electron chi connectivity index (χ3n) is 5.61. The second-order valence-corrected chi connectivity index (χ2v) is 7.19. The molecule has 150 valence electrons. The second kappa shape index (κ2) is 8.10. The van der Waals surface area contributed by atoms with Crippen LogP contribution in [0.3, 0.4) is 0 Å². The van der Waals surface area contributed by atoms with Crippen molar-refractivity contribution in [2.75, 3.05) is 33.6 Å². The fourth-order valence-electron chi connectivity index (χ4n) is 3.78. The molecule has 8 nitrogen and oxygen atoms in total. The predicted molar refractivity (Wildman–Crippen MR) is 106 cm³/mol. The highest BCUT2D eigenvalue weighted by atomic mass is 16.7. The molecule has 2 N–H and O–H groups in total. The average molecular weight is 385 g/mol. The van der Waals surface area contributed by atoms with Gasteiger partial charge in [-0.2, -0.15) is 5.10 Å². The van der Waals surface area contributed by atoms with Crippen LogP contribution in [0, 0.1) is 0 Å². The average Bonchev–Trinajstić information content (AvgIpc) is 3.37. The van der Waals surface area contributed by atoms with Crippen LogP contribution in [0.2, 0.25) is 0 Å². The zero-order valence-corrected chi connectivity index (χ0v) is 16.4. The van der Waals surface area contributed by atoms with Crippen LogP contribution in [-0.2, 0) is 23.7 Å². The van der Waals surface area contributed by atoms with Gasteiger partial charge in [0.2, 0.25) is 6.79 Å². The summed E-state index contributed by atoms with van der Waals surface area (Å²) in [5.41, 5.74) is 2.30. The van der Waals surface area contributed by atoms with Crippen LogP contribution in [0.4, 0.5) is 0 Å². The Balaban J connectivity index is 1.46. The van der Waals surface area contributed by atoms with Crippen molar-refractivity contribution in [3.8, 4) is 11.5 Å². The molecule has 1 saturated heterocycles. The van der Waals surface area contributed by atoms with E-state index in [0.29, 0.717) is 6.54 Å². The first-order valence-electron chi connectivity index (χ1n) is 9.59. The van der Waals surface area contributed by atoms with E-state index in [2.05, 4.69) is 32.9 Å². The number of aryl methyl sites for hydroxylation is 1. The first kappa shape index (κ1) is 18.6. The zero-order valence-electron chi connectivity index (χ0n) is 16.4. The van der Waals surface area contributed by atoms with Gasteiger partial charge in [0.25, 0.3) is 0 Å². The van der Waals surface area contributed by atoms with Gasteiger partial charge >= 0.3 is 0 Å². The Morgan fingerprint density at radius 2 is 2.00 bits per heavy atom. The molecule has 0 amide bonds. The maximum atomic E-state index is 5.64. The second-order valence-electron chi connectivity index (χ2n) is 7.19. The van der Waals surface area contributed by atoms with E-state index < -0.39 is 0 Å². The smallest absolute Gasteiger partial charge is 0.231 e. The number of guanidine groups is 1. The van der Waals surface area contributed by atoms with Crippen molar-refractivity contribution in [1.82, 2.24) is 20.4 Å². The summed E-state index contributed by atoms with van der Waals surface area (Å²) in [6, 6.07) is 8.25. The number of nitrogens with one attached hydrogen (secondary N) is 2. The molecule has 1 fully saturated rings. The van der Waals surface area contributed by atoms with Gasteiger partial charge in [0.05, 0.1) is 12.2 Å². The Hall–Kier alpha value is -2.74. The zero-order chi connectivity index (χ0) is 19.4. The highest BCUT2D eigenvalue weighted by molar-refractivity contribution is 5.79. The third kappa shape index (κ3) is 3.77. The molecule has 0 bridgehead atoms. The molecule has 1 aromatic heterocycles. The molecule has 8 heteroatoms. The first-order valence-corrected chi connectivity index (χ1v) is 9.59. The van der Waals surface area contributed by atoms with Crippen LogP contribution in [0.15, 0.2) is 35.5 Å². The quantitative estimate of drug-likeness (QED) is 0.601. The highest BCUT2D eigenvalue weighted by Crippen LogP contribution is 2.40. The van der Waals surface area contributed by atoms with E-state index in [-0.39, 0.29) is 12.2 Å². The van der Waals surface area contributed by atoms with Crippen molar-refractivity contribution in [2.24, 2.45) is 12.0 Å². The van der Waals surface area contributed by atoms with Crippen LogP contribution in [0.25, 0.3) is 0 Å². The van der Waals surface area contributed by atoms with Crippen LogP contribution >= 0.6 is 0 Å². The van der Waals surface area contributed by atoms with Gasteiger partial charge in [-0.1, -0.05) is 6.07 Å². The van der Waals surface area contributed by atoms with E-state index in [9.17, 15) is 0 Å². The van der Waals surface area contributed by atoms with Gasteiger partial charge < -0.3 is 24.8 Å². The number of fused-ring (bicyclic) bond motifs is 1. The summed E-state index contributed by atoms with van der Waals surface area (Å²) >= 11 is 0. The summed E-state index contributed by atoms with van der Waals surface area (Å²) in [4.78, 5) is 4.37. The fraction of sp³-hybridized carbons (Fsp3) is 0.500. The molecule has 0 atom stereocenters. The molecule has 0 unspecified atom stereocenters. The van der Waals surface area contributed by atoms with Crippen molar-refractivity contribution in [2.45, 2.75) is 24.8 Å². The number of ether oxygens (including phenoxy) is 3. The summed E-state index contributed by atoms with van der Waals surface area (Å²) in [5.74, 6) is 2.41. The molecule has 4 rings (SSSR count). The summed E-state index contributed by atoms with van der Waals surface area (Å²) in [7, 11) is 3.72. The maximum absolute atomic E-state index is 5.64. The minimum absolute atomic E-state index is 0.0383. The van der Waals surface area contributed by atoms with Crippen molar-refractivity contribution in [3.63, 3.8) is 0 Å². The van der Waals surface area contributed by atoms with Crippen molar-refractivity contribution < 1.29 is 14.2 Å². The standard InChI is InChI=1S/C20H27N5O3/c1-21-19(22-12-16-5-8-24-25(16)2)23-13-20(6-9-26-10-7-20)15-3-4-17-18(11-15)28-14-27-17/h3-5,8,11H,6-7,9-10,12-14H2,1-2H3,(H2,21,22,23). The summed E-state index contributed by atoms with van der Waals surface area (Å²) < 4.78 is 18.6. The lowest BCUT2D eigenvalue weighted by atomic mass is 9.74. The molecule has 0 saturated carbocycles. The number of rotatable bonds is 5. The van der Waals surface area contributed by atoms with Crippen molar-refractivity contribution in [3.05, 3.63) is 41.7 Å². The maximum Gasteiger partial charge on any atom is 0.231 e. The van der Waals surface area contributed by atoms with E-state index in [4.69, 9.17) is 14.2 Å². The topological polar surface area (TPSA) is 81.9 Å². The van der Waals surface area contributed by atoms with Gasteiger partial charge in [0.15, 0.2) is 17.5 Å². The minimum Gasteiger partial charge on any atom is -0.454 e. The molecule has 1 aromatic carbocycles. The van der Waals surface area contributed by atoms with Gasteiger partial charge in [-0.15, -0.1) is 0 Å². The van der Waals surface area contributed by atoms with Gasteiger partial charge in [-0.3, -0.25) is 9.67 Å². The monoisotopic (exact) mass is 385 g/mol. The predicted octanol–water partition coefficient (Wildman–Crippen LogP) is 1.56. The number of nitrogens with zero attached hydrogens (tertiary/aromatic N) is 3.